The summed E-state index contributed by atoms with van der Waals surface area (Å²) in [6.07, 6.45) is 2.91. The van der Waals surface area contributed by atoms with Crippen LogP contribution in [0, 0.1) is 13.8 Å². The van der Waals surface area contributed by atoms with Gasteiger partial charge in [0.1, 0.15) is 5.75 Å². The number of aryl methyl sites for hydroxylation is 2. The zero-order valence-corrected chi connectivity index (χ0v) is 15.8. The van der Waals surface area contributed by atoms with Crippen LogP contribution in [0.25, 0.3) is 6.08 Å². The maximum absolute atomic E-state index is 11.8. The van der Waals surface area contributed by atoms with Crippen molar-refractivity contribution in [2.75, 3.05) is 6.61 Å². The molecule has 2 rings (SSSR count). The van der Waals surface area contributed by atoms with E-state index < -0.39 is 11.8 Å². The molecule has 5 nitrogen and oxygen atoms in total. The molecule has 2 aromatic carbocycles. The number of rotatable bonds is 5. The van der Waals surface area contributed by atoms with Crippen molar-refractivity contribution in [1.82, 2.24) is 10.9 Å². The number of halogens is 2. The van der Waals surface area contributed by atoms with E-state index in [0.717, 1.165) is 16.7 Å². The first kappa shape index (κ1) is 19.8. The van der Waals surface area contributed by atoms with Crippen LogP contribution in [0.15, 0.2) is 42.5 Å². The predicted octanol–water partition coefficient (Wildman–Crippen LogP) is 3.85. The number of hydrogen-bond donors (Lipinski definition) is 2. The lowest BCUT2D eigenvalue weighted by atomic mass is 10.1. The highest BCUT2D eigenvalue weighted by Crippen LogP contribution is 2.25. The summed E-state index contributed by atoms with van der Waals surface area (Å²) in [5, 5.41) is 1.28. The lowest BCUT2D eigenvalue weighted by molar-refractivity contribution is -0.128. The third-order valence-electron chi connectivity index (χ3n) is 3.40. The number of benzene rings is 2. The Morgan fingerprint density at radius 2 is 1.65 bits per heavy atom. The zero-order chi connectivity index (χ0) is 19.1. The molecule has 0 aliphatic rings. The average molecular weight is 393 g/mol. The van der Waals surface area contributed by atoms with Gasteiger partial charge in [-0.3, -0.25) is 20.4 Å². The summed E-state index contributed by atoms with van der Waals surface area (Å²) >= 11 is 11.9. The van der Waals surface area contributed by atoms with Crippen LogP contribution >= 0.6 is 23.2 Å². The second-order valence-electron chi connectivity index (χ2n) is 5.58. The topological polar surface area (TPSA) is 67.4 Å². The first-order chi connectivity index (χ1) is 12.3. The second kappa shape index (κ2) is 9.27. The van der Waals surface area contributed by atoms with Gasteiger partial charge in [-0.1, -0.05) is 35.3 Å². The fourth-order valence-electron chi connectivity index (χ4n) is 2.09. The molecule has 2 amide bonds. The van der Waals surface area contributed by atoms with Gasteiger partial charge in [-0.05, 0) is 60.9 Å². The summed E-state index contributed by atoms with van der Waals surface area (Å²) in [6.45, 7) is 3.48. The van der Waals surface area contributed by atoms with Crippen LogP contribution in [0.3, 0.4) is 0 Å². The van der Waals surface area contributed by atoms with Crippen molar-refractivity contribution < 1.29 is 14.3 Å². The Kier molecular flexibility index (Phi) is 7.06. The van der Waals surface area contributed by atoms with E-state index >= 15 is 0 Å². The lowest BCUT2D eigenvalue weighted by Gasteiger charge is -2.10. The van der Waals surface area contributed by atoms with Gasteiger partial charge in [0.2, 0.25) is 0 Å². The summed E-state index contributed by atoms with van der Waals surface area (Å²) < 4.78 is 5.40. The normalized spacial score (nSPS) is 10.6. The highest BCUT2D eigenvalue weighted by molar-refractivity contribution is 6.32. The van der Waals surface area contributed by atoms with Crippen LogP contribution in [-0.4, -0.2) is 18.4 Å². The first-order valence-electron chi connectivity index (χ1n) is 7.77. The third kappa shape index (κ3) is 6.10. The minimum Gasteiger partial charge on any atom is -0.484 e. The molecular formula is C19H18Cl2N2O3. The van der Waals surface area contributed by atoms with Gasteiger partial charge in [0, 0.05) is 16.1 Å². The van der Waals surface area contributed by atoms with Crippen molar-refractivity contribution >= 4 is 41.1 Å². The van der Waals surface area contributed by atoms with Gasteiger partial charge in [-0.15, -0.1) is 0 Å². The van der Waals surface area contributed by atoms with Gasteiger partial charge in [0.25, 0.3) is 11.8 Å². The van der Waals surface area contributed by atoms with Gasteiger partial charge >= 0.3 is 0 Å². The summed E-state index contributed by atoms with van der Waals surface area (Å²) in [4.78, 5) is 23.4. The number of hydrazine groups is 1. The Hall–Kier alpha value is -2.50. The third-order valence-corrected chi connectivity index (χ3v) is 4.25. The van der Waals surface area contributed by atoms with Crippen molar-refractivity contribution in [2.45, 2.75) is 13.8 Å². The SMILES string of the molecule is Cc1cc(OCC(=O)NNC(=O)/C=C\c2ccc(Cl)cc2)cc(C)c1Cl. The van der Waals surface area contributed by atoms with Crippen molar-refractivity contribution in [3.63, 3.8) is 0 Å². The largest absolute Gasteiger partial charge is 0.484 e. The van der Waals surface area contributed by atoms with E-state index in [2.05, 4.69) is 10.9 Å². The smallest absolute Gasteiger partial charge is 0.276 e. The highest BCUT2D eigenvalue weighted by Gasteiger charge is 2.07. The minimum atomic E-state index is -0.483. The molecule has 0 aliphatic carbocycles. The Labute approximate surface area is 161 Å². The van der Waals surface area contributed by atoms with Gasteiger partial charge in [-0.2, -0.15) is 0 Å². The minimum absolute atomic E-state index is 0.234. The summed E-state index contributed by atoms with van der Waals surface area (Å²) in [5.41, 5.74) is 7.10. The van der Waals surface area contributed by atoms with Crippen molar-refractivity contribution in [3.05, 3.63) is 69.2 Å². The molecule has 2 aromatic rings. The first-order valence-corrected chi connectivity index (χ1v) is 8.53. The molecule has 0 saturated carbocycles. The predicted molar refractivity (Wildman–Crippen MR) is 103 cm³/mol. The van der Waals surface area contributed by atoms with Crippen molar-refractivity contribution in [1.29, 1.82) is 0 Å². The molecule has 136 valence electrons. The molecule has 0 bridgehead atoms. The summed E-state index contributed by atoms with van der Waals surface area (Å²) in [7, 11) is 0. The molecule has 0 spiro atoms. The van der Waals surface area contributed by atoms with Crippen molar-refractivity contribution in [2.24, 2.45) is 0 Å². The number of nitrogens with one attached hydrogen (secondary N) is 2. The van der Waals surface area contributed by atoms with E-state index in [1.807, 2.05) is 13.8 Å². The molecular weight excluding hydrogens is 375 g/mol. The van der Waals surface area contributed by atoms with E-state index in [1.54, 1.807) is 42.5 Å². The van der Waals surface area contributed by atoms with E-state index in [-0.39, 0.29) is 6.61 Å². The molecule has 0 aromatic heterocycles. The zero-order valence-electron chi connectivity index (χ0n) is 14.3. The molecule has 0 radical (unpaired) electrons. The molecule has 0 heterocycles. The molecule has 7 heteroatoms. The lowest BCUT2D eigenvalue weighted by Crippen LogP contribution is -2.43. The number of carbonyl (C=O) groups is 2. The van der Waals surface area contributed by atoms with Gasteiger partial charge in [0.15, 0.2) is 6.61 Å². The molecule has 26 heavy (non-hydrogen) atoms. The fourth-order valence-corrected chi connectivity index (χ4v) is 2.33. The van der Waals surface area contributed by atoms with Gasteiger partial charge in [-0.25, -0.2) is 0 Å². The van der Waals surface area contributed by atoms with Crippen LogP contribution in [0.5, 0.6) is 5.75 Å². The fraction of sp³-hybridized carbons (Fsp3) is 0.158. The van der Waals surface area contributed by atoms with E-state index in [9.17, 15) is 9.59 Å². The van der Waals surface area contributed by atoms with Crippen LogP contribution in [0.1, 0.15) is 16.7 Å². The monoisotopic (exact) mass is 392 g/mol. The Bertz CT molecular complexity index is 810. The average Bonchev–Trinajstić information content (AvgIpc) is 2.62. The molecule has 0 aliphatic heterocycles. The quantitative estimate of drug-likeness (QED) is 0.599. The van der Waals surface area contributed by atoms with Gasteiger partial charge < -0.3 is 4.74 Å². The van der Waals surface area contributed by atoms with Crippen molar-refractivity contribution in [3.8, 4) is 5.75 Å². The number of hydrogen-bond acceptors (Lipinski definition) is 3. The molecule has 0 saturated heterocycles. The summed E-state index contributed by atoms with van der Waals surface area (Å²) in [6, 6.07) is 10.5. The molecule has 2 N–H and O–H groups in total. The van der Waals surface area contributed by atoms with E-state index in [4.69, 9.17) is 27.9 Å². The Morgan fingerprint density at radius 3 is 2.27 bits per heavy atom. The van der Waals surface area contributed by atoms with Gasteiger partial charge in [0.05, 0.1) is 0 Å². The number of ether oxygens (including phenoxy) is 1. The molecule has 0 atom stereocenters. The second-order valence-corrected chi connectivity index (χ2v) is 6.40. The highest BCUT2D eigenvalue weighted by atomic mass is 35.5. The maximum atomic E-state index is 11.8. The summed E-state index contributed by atoms with van der Waals surface area (Å²) in [5.74, 6) is -0.413. The van der Waals surface area contributed by atoms with Crippen LogP contribution in [-0.2, 0) is 9.59 Å². The standard InChI is InChI=1S/C19H18Cl2N2O3/c1-12-9-16(10-13(2)19(12)21)26-11-18(25)23-22-17(24)8-5-14-3-6-15(20)7-4-14/h3-10H,11H2,1-2H3,(H,22,24)(H,23,25)/b8-5-. The molecule has 0 unspecified atom stereocenters. The van der Waals surface area contributed by atoms with E-state index in [1.165, 1.54) is 6.08 Å². The number of carbonyl (C=O) groups excluding carboxylic acids is 2. The Balaban J connectivity index is 1.77. The maximum Gasteiger partial charge on any atom is 0.276 e. The van der Waals surface area contributed by atoms with Crippen LogP contribution in [0.4, 0.5) is 0 Å². The van der Waals surface area contributed by atoms with E-state index in [0.29, 0.717) is 15.8 Å². The van der Waals surface area contributed by atoms with Crippen LogP contribution < -0.4 is 15.6 Å². The molecule has 0 fully saturated rings. The number of amides is 2. The Morgan fingerprint density at radius 1 is 1.04 bits per heavy atom. The van der Waals surface area contributed by atoms with Crippen LogP contribution in [0.2, 0.25) is 10.0 Å².